The third-order valence-electron chi connectivity index (χ3n) is 3.30. The first-order valence-corrected chi connectivity index (χ1v) is 6.79. The minimum Gasteiger partial charge on any atom is -0.422 e. The number of hydrogen-bond donors (Lipinski definition) is 2. The Hall–Kier alpha value is -2.51. The second-order valence-electron chi connectivity index (χ2n) is 4.76. The lowest BCUT2D eigenvalue weighted by atomic mass is 10.2. The smallest absolute Gasteiger partial charge is 0.399 e. The zero-order valence-corrected chi connectivity index (χ0v) is 11.8. The Morgan fingerprint density at radius 1 is 1.24 bits per heavy atom. The van der Waals surface area contributed by atoms with Crippen molar-refractivity contribution in [2.75, 3.05) is 0 Å². The number of unbranched alkanes of at least 4 members (excludes halogenated alkanes) is 2. The average Bonchev–Trinajstić information content (AvgIpc) is 2.82. The van der Waals surface area contributed by atoms with Crippen LogP contribution in [0.3, 0.4) is 0 Å². The molecule has 2 rings (SSSR count). The van der Waals surface area contributed by atoms with Gasteiger partial charge in [-0.05, 0) is 6.42 Å². The summed E-state index contributed by atoms with van der Waals surface area (Å²) in [7, 11) is 0. The van der Waals surface area contributed by atoms with E-state index in [1.807, 2.05) is 0 Å². The normalized spacial score (nSPS) is 11.1. The Kier molecular flexibility index (Phi) is 4.15. The zero-order valence-electron chi connectivity index (χ0n) is 11.8. The third kappa shape index (κ3) is 2.44. The van der Waals surface area contributed by atoms with Crippen LogP contribution >= 0.6 is 0 Å². The van der Waals surface area contributed by atoms with Crippen LogP contribution in [0.1, 0.15) is 32.0 Å². The van der Waals surface area contributed by atoms with Crippen molar-refractivity contribution in [3.63, 3.8) is 0 Å². The van der Waals surface area contributed by atoms with Crippen molar-refractivity contribution in [1.82, 2.24) is 19.0 Å². The quantitative estimate of drug-likeness (QED) is 0.465. The monoisotopic (exact) mass is 294 g/mol. The van der Waals surface area contributed by atoms with Crippen LogP contribution in [0.5, 0.6) is 0 Å². The Morgan fingerprint density at radius 2 is 1.95 bits per heavy atom. The second kappa shape index (κ2) is 5.86. The van der Waals surface area contributed by atoms with Gasteiger partial charge in [-0.3, -0.25) is 4.79 Å². The van der Waals surface area contributed by atoms with Gasteiger partial charge in [0.25, 0.3) is 0 Å². The number of hydrogen-bond acceptors (Lipinski definition) is 5. The van der Waals surface area contributed by atoms with Gasteiger partial charge in [0, 0.05) is 13.0 Å². The highest BCUT2D eigenvalue weighted by atomic mass is 16.5. The average molecular weight is 294 g/mol. The number of fused-ring (bicyclic) bond motifs is 1. The van der Waals surface area contributed by atoms with Gasteiger partial charge in [-0.1, -0.05) is 30.6 Å². The molecule has 2 heterocycles. The largest absolute Gasteiger partial charge is 0.422 e. The van der Waals surface area contributed by atoms with Crippen molar-refractivity contribution in [3.05, 3.63) is 39.3 Å². The van der Waals surface area contributed by atoms with Crippen molar-refractivity contribution in [1.29, 1.82) is 0 Å². The number of aromatic nitrogens is 4. The number of nitrogens with zero attached hydrogens (tertiary/aromatic N) is 4. The van der Waals surface area contributed by atoms with E-state index in [9.17, 15) is 20.0 Å². The van der Waals surface area contributed by atoms with Gasteiger partial charge in [-0.25, -0.2) is 9.78 Å². The van der Waals surface area contributed by atoms with Gasteiger partial charge in [0.1, 0.15) is 5.82 Å². The fourth-order valence-corrected chi connectivity index (χ4v) is 2.26. The van der Waals surface area contributed by atoms with E-state index in [1.54, 1.807) is 10.6 Å². The summed E-state index contributed by atoms with van der Waals surface area (Å²) < 4.78 is 1.69. The maximum Gasteiger partial charge on any atom is 0.399 e. The molecule has 0 spiro atoms. The number of rotatable bonds is 6. The minimum absolute atomic E-state index is 0.00699. The predicted octanol–water partition coefficient (Wildman–Crippen LogP) is 0.753. The molecule has 2 N–H and O–H groups in total. The Balaban J connectivity index is 2.73. The number of imidazole rings is 1. The van der Waals surface area contributed by atoms with Crippen LogP contribution in [0.2, 0.25) is 0 Å². The van der Waals surface area contributed by atoms with E-state index in [4.69, 9.17) is 0 Å². The van der Waals surface area contributed by atoms with Crippen molar-refractivity contribution < 1.29 is 10.4 Å². The van der Waals surface area contributed by atoms with Gasteiger partial charge < -0.3 is 15.0 Å². The maximum absolute atomic E-state index is 12.1. The molecule has 2 aromatic heterocycles. The zero-order chi connectivity index (χ0) is 15.6. The summed E-state index contributed by atoms with van der Waals surface area (Å²) in [4.78, 5) is 27.7. The van der Waals surface area contributed by atoms with Crippen LogP contribution < -0.4 is 11.2 Å². The van der Waals surface area contributed by atoms with Crippen molar-refractivity contribution in [2.45, 2.75) is 39.2 Å². The molecule has 114 valence electrons. The van der Waals surface area contributed by atoms with Crippen LogP contribution in [0.4, 0.5) is 0 Å². The van der Waals surface area contributed by atoms with E-state index < -0.39 is 11.2 Å². The molecule has 0 aromatic carbocycles. The third-order valence-corrected chi connectivity index (χ3v) is 3.30. The summed E-state index contributed by atoms with van der Waals surface area (Å²) in [6.45, 7) is 6.20. The molecule has 8 nitrogen and oxygen atoms in total. The lowest BCUT2D eigenvalue weighted by Gasteiger charge is -2.07. The van der Waals surface area contributed by atoms with Crippen molar-refractivity contribution >= 4 is 11.2 Å². The molecule has 0 aliphatic heterocycles. The van der Waals surface area contributed by atoms with E-state index in [1.165, 1.54) is 0 Å². The molecule has 0 fully saturated rings. The van der Waals surface area contributed by atoms with Crippen LogP contribution in [0, 0.1) is 0 Å². The molecule has 0 saturated carbocycles. The molecule has 2 aromatic rings. The highest BCUT2D eigenvalue weighted by Gasteiger charge is 2.20. The standard InChI is InChI=1S/C13H18N4O4/c1-3-5-6-8-15-9(7-4-2)14-11-10(15)12(18)17(21)13(19)16(11)20/h4,20-21H,2-3,5-8H2,1H3. The van der Waals surface area contributed by atoms with Crippen LogP contribution in [-0.2, 0) is 13.0 Å². The Labute approximate surface area is 120 Å². The highest BCUT2D eigenvalue weighted by Crippen LogP contribution is 2.13. The molecule has 0 saturated heterocycles. The van der Waals surface area contributed by atoms with Crippen LogP contribution in [0.15, 0.2) is 22.2 Å². The van der Waals surface area contributed by atoms with Gasteiger partial charge in [0.05, 0.1) is 0 Å². The maximum atomic E-state index is 12.1. The van der Waals surface area contributed by atoms with Gasteiger partial charge in [0.15, 0.2) is 5.52 Å². The summed E-state index contributed by atoms with van der Waals surface area (Å²) >= 11 is 0. The molecular formula is C13H18N4O4. The molecule has 0 unspecified atom stereocenters. The molecule has 0 aliphatic rings. The molecule has 0 bridgehead atoms. The Morgan fingerprint density at radius 3 is 2.57 bits per heavy atom. The SMILES string of the molecule is C=CCc1nc2c(c(=O)n(O)c(=O)n2O)n1CCCCC. The van der Waals surface area contributed by atoms with E-state index in [-0.39, 0.29) is 20.6 Å². The molecule has 0 amide bonds. The second-order valence-corrected chi connectivity index (χ2v) is 4.76. The summed E-state index contributed by atoms with van der Waals surface area (Å²) in [6, 6.07) is 0. The molecule has 0 aliphatic carbocycles. The summed E-state index contributed by atoms with van der Waals surface area (Å²) in [5.74, 6) is 0.515. The lowest BCUT2D eigenvalue weighted by Crippen LogP contribution is -2.38. The van der Waals surface area contributed by atoms with Gasteiger partial charge in [-0.15, -0.1) is 11.3 Å². The van der Waals surface area contributed by atoms with Crippen molar-refractivity contribution in [2.24, 2.45) is 0 Å². The minimum atomic E-state index is -1.24. The Bertz CT molecular complexity index is 784. The molecule has 21 heavy (non-hydrogen) atoms. The fraction of sp³-hybridized carbons (Fsp3) is 0.462. The summed E-state index contributed by atoms with van der Waals surface area (Å²) in [6.07, 6.45) is 4.81. The lowest BCUT2D eigenvalue weighted by molar-refractivity contribution is 0.110. The molecule has 8 heteroatoms. The molecule has 0 radical (unpaired) electrons. The van der Waals surface area contributed by atoms with E-state index in [0.29, 0.717) is 18.8 Å². The highest BCUT2D eigenvalue weighted by molar-refractivity contribution is 5.70. The first-order chi connectivity index (χ1) is 10.0. The van der Waals surface area contributed by atoms with Gasteiger partial charge in [-0.2, -0.15) is 0 Å². The van der Waals surface area contributed by atoms with E-state index >= 15 is 0 Å². The topological polar surface area (TPSA) is 102 Å². The van der Waals surface area contributed by atoms with Gasteiger partial charge >= 0.3 is 11.2 Å². The van der Waals surface area contributed by atoms with Crippen LogP contribution in [0.25, 0.3) is 11.2 Å². The van der Waals surface area contributed by atoms with E-state index in [2.05, 4.69) is 18.5 Å². The molecular weight excluding hydrogens is 276 g/mol. The van der Waals surface area contributed by atoms with Gasteiger partial charge in [0.2, 0.25) is 5.65 Å². The summed E-state index contributed by atoms with van der Waals surface area (Å²) in [5.41, 5.74) is -2.27. The summed E-state index contributed by atoms with van der Waals surface area (Å²) in [5, 5.41) is 19.2. The van der Waals surface area contributed by atoms with Crippen LogP contribution in [-0.4, -0.2) is 29.4 Å². The predicted molar refractivity (Wildman–Crippen MR) is 76.0 cm³/mol. The first kappa shape index (κ1) is 14.9. The fourth-order valence-electron chi connectivity index (χ4n) is 2.26. The molecule has 0 atom stereocenters. The van der Waals surface area contributed by atoms with E-state index in [0.717, 1.165) is 19.3 Å². The van der Waals surface area contributed by atoms with Crippen molar-refractivity contribution in [3.8, 4) is 0 Å². The number of allylic oxidation sites excluding steroid dienone is 1. The number of aryl methyl sites for hydroxylation is 1. The first-order valence-electron chi connectivity index (χ1n) is 6.79.